The van der Waals surface area contributed by atoms with Gasteiger partial charge in [-0.2, -0.15) is 5.10 Å². The summed E-state index contributed by atoms with van der Waals surface area (Å²) in [6.07, 6.45) is 1.87. The van der Waals surface area contributed by atoms with Crippen LogP contribution in [0.3, 0.4) is 0 Å². The first-order chi connectivity index (χ1) is 5.47. The van der Waals surface area contributed by atoms with E-state index in [2.05, 4.69) is 28.4 Å². The van der Waals surface area contributed by atoms with Crippen LogP contribution in [0.2, 0.25) is 0 Å². The van der Waals surface area contributed by atoms with Crippen molar-refractivity contribution in [1.29, 1.82) is 0 Å². The average molecular weight is 142 g/mol. The van der Waals surface area contributed by atoms with Crippen LogP contribution in [-0.4, -0.2) is 10.2 Å². The van der Waals surface area contributed by atoms with Crippen LogP contribution in [0.1, 0.15) is 0 Å². The second kappa shape index (κ2) is 1.53. The van der Waals surface area contributed by atoms with Crippen LogP contribution in [0.15, 0.2) is 30.5 Å². The molecule has 2 heteroatoms. The lowest BCUT2D eigenvalue weighted by Gasteiger charge is -2.16. The maximum Gasteiger partial charge on any atom is 0.0735 e. The van der Waals surface area contributed by atoms with Crippen LogP contribution < -0.4 is 0 Å². The standard InChI is InChI=1S/C9H6N2/c1-2-4-7-6(3-1)8-5-10-11-9(7)8/h1-5H,(H,10,11). The highest BCUT2D eigenvalue weighted by Crippen LogP contribution is 2.44. The summed E-state index contributed by atoms with van der Waals surface area (Å²) in [6, 6.07) is 8.32. The molecular formula is C9H6N2. The van der Waals surface area contributed by atoms with Crippen molar-refractivity contribution < 1.29 is 0 Å². The fraction of sp³-hybridized carbons (Fsp3) is 0. The average Bonchev–Trinajstić information content (AvgIpc) is 2.44. The molecule has 3 rings (SSSR count). The summed E-state index contributed by atoms with van der Waals surface area (Å²) in [5, 5.41) is 6.93. The zero-order chi connectivity index (χ0) is 7.26. The van der Waals surface area contributed by atoms with Gasteiger partial charge in [-0.3, -0.25) is 5.10 Å². The Balaban J connectivity index is 2.38. The SMILES string of the molecule is c1ccc2c(c1)-c1cn[nH]c1-2. The lowest BCUT2D eigenvalue weighted by Crippen LogP contribution is -1.94. The van der Waals surface area contributed by atoms with Gasteiger partial charge < -0.3 is 0 Å². The van der Waals surface area contributed by atoms with E-state index in [0.717, 1.165) is 0 Å². The van der Waals surface area contributed by atoms with Gasteiger partial charge >= 0.3 is 0 Å². The normalized spacial score (nSPS) is 11.6. The van der Waals surface area contributed by atoms with Gasteiger partial charge in [-0.1, -0.05) is 24.3 Å². The molecule has 0 atom stereocenters. The molecule has 1 aliphatic rings. The van der Waals surface area contributed by atoms with Gasteiger partial charge in [0.1, 0.15) is 0 Å². The quantitative estimate of drug-likeness (QED) is 0.511. The summed E-state index contributed by atoms with van der Waals surface area (Å²) < 4.78 is 0. The van der Waals surface area contributed by atoms with Gasteiger partial charge in [-0.15, -0.1) is 0 Å². The van der Waals surface area contributed by atoms with Crippen molar-refractivity contribution in [2.45, 2.75) is 0 Å². The third-order valence-electron chi connectivity index (χ3n) is 2.13. The van der Waals surface area contributed by atoms with Gasteiger partial charge in [0.05, 0.1) is 11.9 Å². The Labute approximate surface area is 63.9 Å². The Kier molecular flexibility index (Phi) is 0.714. The van der Waals surface area contributed by atoms with Crippen LogP contribution in [-0.2, 0) is 0 Å². The fourth-order valence-electron chi connectivity index (χ4n) is 1.57. The Morgan fingerprint density at radius 3 is 2.73 bits per heavy atom. The molecule has 0 saturated carbocycles. The third kappa shape index (κ3) is 0.463. The maximum absolute atomic E-state index is 3.97. The van der Waals surface area contributed by atoms with Crippen LogP contribution in [0, 0.1) is 0 Å². The zero-order valence-corrected chi connectivity index (χ0v) is 5.83. The topological polar surface area (TPSA) is 28.7 Å². The molecule has 0 amide bonds. The maximum atomic E-state index is 3.97. The highest BCUT2D eigenvalue weighted by atomic mass is 15.1. The first-order valence-electron chi connectivity index (χ1n) is 3.60. The summed E-state index contributed by atoms with van der Waals surface area (Å²) in [5.41, 5.74) is 5.04. The molecule has 0 saturated heterocycles. The molecule has 0 radical (unpaired) electrons. The molecule has 0 bridgehead atoms. The van der Waals surface area contributed by atoms with Crippen LogP contribution in [0.4, 0.5) is 0 Å². The van der Waals surface area contributed by atoms with E-state index in [1.54, 1.807) is 0 Å². The van der Waals surface area contributed by atoms with E-state index in [1.165, 1.54) is 22.4 Å². The van der Waals surface area contributed by atoms with Gasteiger partial charge in [0.15, 0.2) is 0 Å². The molecule has 1 aromatic heterocycles. The second-order valence-corrected chi connectivity index (χ2v) is 2.70. The lowest BCUT2D eigenvalue weighted by atomic mass is 9.87. The van der Waals surface area contributed by atoms with Gasteiger partial charge in [0.25, 0.3) is 0 Å². The molecule has 0 aliphatic heterocycles. The minimum Gasteiger partial charge on any atom is -0.277 e. The number of aromatic amines is 1. The second-order valence-electron chi connectivity index (χ2n) is 2.70. The Morgan fingerprint density at radius 2 is 1.82 bits per heavy atom. The monoisotopic (exact) mass is 142 g/mol. The molecule has 1 aromatic carbocycles. The first kappa shape index (κ1) is 5.13. The molecule has 2 nitrogen and oxygen atoms in total. The van der Waals surface area contributed by atoms with Crippen molar-refractivity contribution in [2.75, 3.05) is 0 Å². The van der Waals surface area contributed by atoms with E-state index in [0.29, 0.717) is 0 Å². The number of benzene rings is 1. The van der Waals surface area contributed by atoms with Gasteiger partial charge in [-0.05, 0) is 5.56 Å². The number of hydrogen-bond acceptors (Lipinski definition) is 1. The third-order valence-corrected chi connectivity index (χ3v) is 2.13. The van der Waals surface area contributed by atoms with E-state index in [9.17, 15) is 0 Å². The fourth-order valence-corrected chi connectivity index (χ4v) is 1.57. The molecule has 0 fully saturated rings. The molecular weight excluding hydrogens is 136 g/mol. The van der Waals surface area contributed by atoms with Crippen molar-refractivity contribution in [3.05, 3.63) is 30.5 Å². The van der Waals surface area contributed by atoms with Gasteiger partial charge in [0, 0.05) is 11.1 Å². The van der Waals surface area contributed by atoms with E-state index >= 15 is 0 Å². The number of H-pyrrole nitrogens is 1. The number of nitrogens with zero attached hydrogens (tertiary/aromatic N) is 1. The lowest BCUT2D eigenvalue weighted by molar-refractivity contribution is 1.10. The van der Waals surface area contributed by atoms with Crippen molar-refractivity contribution in [3.63, 3.8) is 0 Å². The van der Waals surface area contributed by atoms with Crippen molar-refractivity contribution >= 4 is 0 Å². The van der Waals surface area contributed by atoms with Crippen molar-refractivity contribution in [1.82, 2.24) is 10.2 Å². The Hall–Kier alpha value is -1.57. The summed E-state index contributed by atoms with van der Waals surface area (Å²) >= 11 is 0. The molecule has 52 valence electrons. The molecule has 1 N–H and O–H groups in total. The van der Waals surface area contributed by atoms with Crippen LogP contribution in [0.25, 0.3) is 22.4 Å². The number of rotatable bonds is 0. The largest absolute Gasteiger partial charge is 0.277 e. The number of fused-ring (bicyclic) bond motifs is 4. The van der Waals surface area contributed by atoms with E-state index in [4.69, 9.17) is 0 Å². The molecule has 0 unspecified atom stereocenters. The Bertz CT molecular complexity index is 378. The minimum absolute atomic E-state index is 1.18. The van der Waals surface area contributed by atoms with E-state index in [1.807, 2.05) is 12.3 Å². The molecule has 1 heterocycles. The predicted molar refractivity (Wildman–Crippen MR) is 43.0 cm³/mol. The number of hydrogen-bond donors (Lipinski definition) is 1. The molecule has 1 aliphatic carbocycles. The zero-order valence-electron chi connectivity index (χ0n) is 5.83. The van der Waals surface area contributed by atoms with E-state index < -0.39 is 0 Å². The molecule has 2 aromatic rings. The van der Waals surface area contributed by atoms with Gasteiger partial charge in [0.2, 0.25) is 0 Å². The molecule has 11 heavy (non-hydrogen) atoms. The highest BCUT2D eigenvalue weighted by molar-refractivity contribution is 5.99. The van der Waals surface area contributed by atoms with Gasteiger partial charge in [-0.25, -0.2) is 0 Å². The summed E-state index contributed by atoms with van der Waals surface area (Å²) in [5.74, 6) is 0. The Morgan fingerprint density at radius 1 is 1.00 bits per heavy atom. The van der Waals surface area contributed by atoms with Crippen LogP contribution in [0.5, 0.6) is 0 Å². The number of nitrogens with one attached hydrogen (secondary N) is 1. The van der Waals surface area contributed by atoms with Crippen molar-refractivity contribution in [3.8, 4) is 22.4 Å². The summed E-state index contributed by atoms with van der Waals surface area (Å²) in [4.78, 5) is 0. The van der Waals surface area contributed by atoms with Crippen molar-refractivity contribution in [2.24, 2.45) is 0 Å². The number of aromatic nitrogens is 2. The van der Waals surface area contributed by atoms with Crippen LogP contribution >= 0.6 is 0 Å². The first-order valence-corrected chi connectivity index (χ1v) is 3.60. The molecule has 0 spiro atoms. The summed E-state index contributed by atoms with van der Waals surface area (Å²) in [6.45, 7) is 0. The highest BCUT2D eigenvalue weighted by Gasteiger charge is 2.22. The predicted octanol–water partition coefficient (Wildman–Crippen LogP) is 2.06. The smallest absolute Gasteiger partial charge is 0.0735 e. The summed E-state index contributed by atoms with van der Waals surface area (Å²) in [7, 11) is 0. The van der Waals surface area contributed by atoms with E-state index in [-0.39, 0.29) is 0 Å². The minimum atomic E-state index is 1.18.